The third-order valence-corrected chi connectivity index (χ3v) is 2.75. The molecule has 0 aliphatic heterocycles. The number of nitrogens with one attached hydrogen (secondary N) is 1. The molecule has 18 heavy (non-hydrogen) atoms. The summed E-state index contributed by atoms with van der Waals surface area (Å²) >= 11 is 0. The van der Waals surface area contributed by atoms with Gasteiger partial charge in [-0.1, -0.05) is 6.92 Å². The molecule has 96 valence electrons. The number of hydrogen-bond donors (Lipinski definition) is 1. The summed E-state index contributed by atoms with van der Waals surface area (Å²) in [5.41, 5.74) is 0. The lowest BCUT2D eigenvalue weighted by molar-refractivity contribution is 0.0909. The monoisotopic (exact) mass is 247 g/mol. The van der Waals surface area contributed by atoms with E-state index in [0.717, 1.165) is 6.42 Å². The Bertz CT molecular complexity index is 502. The van der Waals surface area contributed by atoms with E-state index in [-0.39, 0.29) is 11.9 Å². The number of hydrogen-bond acceptors (Lipinski definition) is 3. The summed E-state index contributed by atoms with van der Waals surface area (Å²) in [6, 6.07) is 5.49. The molecule has 5 heteroatoms. The highest BCUT2D eigenvalue weighted by atomic mass is 16.4. The minimum atomic E-state index is -0.170. The van der Waals surface area contributed by atoms with Crippen LogP contribution in [0.2, 0.25) is 0 Å². The molecule has 0 fully saturated rings. The van der Waals surface area contributed by atoms with Crippen LogP contribution in [0, 0.1) is 0 Å². The highest BCUT2D eigenvalue weighted by molar-refractivity contribution is 5.91. The predicted molar refractivity (Wildman–Crippen MR) is 67.3 cm³/mol. The molecule has 2 heterocycles. The quantitative estimate of drug-likeness (QED) is 0.879. The fourth-order valence-corrected chi connectivity index (χ4v) is 1.54. The Hall–Kier alpha value is -2.04. The molecule has 1 N–H and O–H groups in total. The molecule has 5 nitrogen and oxygen atoms in total. The molecule has 0 saturated heterocycles. The summed E-state index contributed by atoms with van der Waals surface area (Å²) < 4.78 is 7.24. The van der Waals surface area contributed by atoms with E-state index in [1.807, 2.05) is 26.1 Å². The van der Waals surface area contributed by atoms with Gasteiger partial charge in [0, 0.05) is 18.4 Å². The third-order valence-electron chi connectivity index (χ3n) is 2.75. The van der Waals surface area contributed by atoms with E-state index in [2.05, 4.69) is 10.4 Å². The number of nitrogens with zero attached hydrogens (tertiary/aromatic N) is 2. The maximum Gasteiger partial charge on any atom is 0.287 e. The second kappa shape index (κ2) is 5.53. The van der Waals surface area contributed by atoms with Gasteiger partial charge in [-0.15, -0.1) is 0 Å². The lowest BCUT2D eigenvalue weighted by atomic mass is 10.2. The molecule has 0 radical (unpaired) electrons. The van der Waals surface area contributed by atoms with Crippen LogP contribution >= 0.6 is 0 Å². The molecule has 0 aliphatic rings. The van der Waals surface area contributed by atoms with Crippen LogP contribution in [0.15, 0.2) is 35.0 Å². The van der Waals surface area contributed by atoms with Crippen LogP contribution in [0.1, 0.15) is 36.6 Å². The van der Waals surface area contributed by atoms with Crippen molar-refractivity contribution < 1.29 is 9.21 Å². The van der Waals surface area contributed by atoms with Gasteiger partial charge in [0.15, 0.2) is 5.76 Å². The Balaban J connectivity index is 1.99. The molecule has 0 bridgehead atoms. The van der Waals surface area contributed by atoms with Crippen LogP contribution in [0.25, 0.3) is 0 Å². The van der Waals surface area contributed by atoms with Crippen LogP contribution in [-0.2, 0) is 6.54 Å². The van der Waals surface area contributed by atoms with Gasteiger partial charge in [-0.25, -0.2) is 0 Å². The molecule has 2 aromatic rings. The number of amides is 1. The minimum Gasteiger partial charge on any atom is -0.454 e. The fourth-order valence-electron chi connectivity index (χ4n) is 1.54. The van der Waals surface area contributed by atoms with E-state index in [9.17, 15) is 4.79 Å². The van der Waals surface area contributed by atoms with Gasteiger partial charge in [-0.3, -0.25) is 9.48 Å². The third kappa shape index (κ3) is 3.00. The first-order valence-electron chi connectivity index (χ1n) is 6.06. The topological polar surface area (TPSA) is 60.1 Å². The van der Waals surface area contributed by atoms with Crippen molar-refractivity contribution in [3.63, 3.8) is 0 Å². The van der Waals surface area contributed by atoms with Crippen LogP contribution in [0.4, 0.5) is 0 Å². The van der Waals surface area contributed by atoms with Crippen molar-refractivity contribution in [2.45, 2.75) is 32.9 Å². The number of carbonyl (C=O) groups excluding carboxylic acids is 1. The van der Waals surface area contributed by atoms with E-state index in [4.69, 9.17) is 4.42 Å². The zero-order valence-electron chi connectivity index (χ0n) is 10.6. The summed E-state index contributed by atoms with van der Waals surface area (Å²) in [7, 11) is 0. The maximum absolute atomic E-state index is 11.8. The van der Waals surface area contributed by atoms with Gasteiger partial charge in [-0.2, -0.15) is 5.10 Å². The van der Waals surface area contributed by atoms with Gasteiger partial charge < -0.3 is 9.73 Å². The highest BCUT2D eigenvalue weighted by Crippen LogP contribution is 2.09. The first kappa shape index (κ1) is 12.4. The second-order valence-electron chi connectivity index (χ2n) is 4.25. The Kier molecular flexibility index (Phi) is 3.82. The van der Waals surface area contributed by atoms with E-state index in [1.54, 1.807) is 23.0 Å². The van der Waals surface area contributed by atoms with E-state index in [1.165, 1.54) is 0 Å². The molecule has 1 unspecified atom stereocenters. The SMILES string of the molecule is CCC(C)NC(=O)c1ccc(Cn2cccn2)o1. The van der Waals surface area contributed by atoms with Gasteiger partial charge >= 0.3 is 0 Å². The van der Waals surface area contributed by atoms with Gasteiger partial charge in [0.05, 0.1) is 6.54 Å². The minimum absolute atomic E-state index is 0.150. The van der Waals surface area contributed by atoms with Crippen LogP contribution in [0.5, 0.6) is 0 Å². The molecule has 0 aliphatic carbocycles. The lowest BCUT2D eigenvalue weighted by Gasteiger charge is -2.09. The summed E-state index contributed by atoms with van der Waals surface area (Å²) in [5, 5.41) is 6.95. The average molecular weight is 247 g/mol. The van der Waals surface area contributed by atoms with Crippen molar-refractivity contribution in [2.75, 3.05) is 0 Å². The first-order chi connectivity index (χ1) is 8.69. The highest BCUT2D eigenvalue weighted by Gasteiger charge is 2.13. The number of aromatic nitrogens is 2. The Morgan fingerprint density at radius 2 is 2.39 bits per heavy atom. The first-order valence-corrected chi connectivity index (χ1v) is 6.06. The zero-order valence-corrected chi connectivity index (χ0v) is 10.6. The van der Waals surface area contributed by atoms with Crippen LogP contribution in [0.3, 0.4) is 0 Å². The standard InChI is InChI=1S/C13H17N3O2/c1-3-10(2)15-13(17)12-6-5-11(18-12)9-16-8-4-7-14-16/h4-8,10H,3,9H2,1-2H3,(H,15,17). The smallest absolute Gasteiger partial charge is 0.287 e. The molecule has 0 spiro atoms. The molecule has 0 aromatic carbocycles. The van der Waals surface area contributed by atoms with Crippen molar-refractivity contribution in [1.82, 2.24) is 15.1 Å². The van der Waals surface area contributed by atoms with Crippen molar-refractivity contribution in [1.29, 1.82) is 0 Å². The van der Waals surface area contributed by atoms with Crippen molar-refractivity contribution in [2.24, 2.45) is 0 Å². The van der Waals surface area contributed by atoms with E-state index in [0.29, 0.717) is 18.1 Å². The zero-order chi connectivity index (χ0) is 13.0. The van der Waals surface area contributed by atoms with Crippen molar-refractivity contribution >= 4 is 5.91 Å². The van der Waals surface area contributed by atoms with Gasteiger partial charge in [0.2, 0.25) is 0 Å². The van der Waals surface area contributed by atoms with E-state index >= 15 is 0 Å². The summed E-state index contributed by atoms with van der Waals surface area (Å²) in [6.07, 6.45) is 4.45. The normalized spacial score (nSPS) is 12.3. The average Bonchev–Trinajstić information content (AvgIpc) is 3.00. The summed E-state index contributed by atoms with van der Waals surface area (Å²) in [6.45, 7) is 4.52. The molecule has 1 amide bonds. The fraction of sp³-hybridized carbons (Fsp3) is 0.385. The largest absolute Gasteiger partial charge is 0.454 e. The van der Waals surface area contributed by atoms with Gasteiger partial charge in [-0.05, 0) is 31.5 Å². The van der Waals surface area contributed by atoms with Gasteiger partial charge in [0.1, 0.15) is 5.76 Å². The summed E-state index contributed by atoms with van der Waals surface area (Å²) in [4.78, 5) is 11.8. The summed E-state index contributed by atoms with van der Waals surface area (Å²) in [5.74, 6) is 0.890. The molecule has 0 saturated carbocycles. The molecular weight excluding hydrogens is 230 g/mol. The maximum atomic E-state index is 11.8. The predicted octanol–water partition coefficient (Wildman–Crippen LogP) is 2.05. The number of rotatable bonds is 5. The van der Waals surface area contributed by atoms with Crippen molar-refractivity contribution in [3.05, 3.63) is 42.1 Å². The molecule has 1 atom stereocenters. The number of furan rings is 1. The molecule has 2 rings (SSSR count). The Labute approximate surface area is 106 Å². The number of carbonyl (C=O) groups is 1. The van der Waals surface area contributed by atoms with Gasteiger partial charge in [0.25, 0.3) is 5.91 Å². The van der Waals surface area contributed by atoms with Crippen LogP contribution < -0.4 is 5.32 Å². The second-order valence-corrected chi connectivity index (χ2v) is 4.25. The Morgan fingerprint density at radius 1 is 1.56 bits per heavy atom. The van der Waals surface area contributed by atoms with Crippen molar-refractivity contribution in [3.8, 4) is 0 Å². The Morgan fingerprint density at radius 3 is 3.06 bits per heavy atom. The molecular formula is C13H17N3O2. The van der Waals surface area contributed by atoms with E-state index < -0.39 is 0 Å². The lowest BCUT2D eigenvalue weighted by Crippen LogP contribution is -2.31. The van der Waals surface area contributed by atoms with Crippen LogP contribution in [-0.4, -0.2) is 21.7 Å². The molecule has 2 aromatic heterocycles.